The van der Waals surface area contributed by atoms with Gasteiger partial charge >= 0.3 is 0 Å². The van der Waals surface area contributed by atoms with E-state index in [1.807, 2.05) is 0 Å². The fraction of sp³-hybridized carbons (Fsp3) is 0.533. The van der Waals surface area contributed by atoms with Gasteiger partial charge in [0.25, 0.3) is 0 Å². The molecule has 5 heteroatoms. The lowest BCUT2D eigenvalue weighted by Crippen LogP contribution is -2.14. The van der Waals surface area contributed by atoms with Crippen molar-refractivity contribution in [2.45, 2.75) is 39.2 Å². The molecule has 0 radical (unpaired) electrons. The van der Waals surface area contributed by atoms with Gasteiger partial charge < -0.3 is 4.57 Å². The third-order valence-corrected chi connectivity index (χ3v) is 5.18. The molecular formula is C15H17BrClFN2. The first-order valence-electron chi connectivity index (χ1n) is 6.99. The standard InChI is InChI=1S/C15H17BrClFN2/c1-2-15(4-5-15)9-20-13-8-11(18)10(16)7-12(13)19-14(20)3-6-17/h7-8H,2-6,9H2,1H3. The number of nitrogens with zero attached hydrogens (tertiary/aromatic N) is 2. The Morgan fingerprint density at radius 3 is 2.80 bits per heavy atom. The summed E-state index contributed by atoms with van der Waals surface area (Å²) in [4.78, 5) is 4.63. The maximum Gasteiger partial charge on any atom is 0.139 e. The summed E-state index contributed by atoms with van der Waals surface area (Å²) in [6, 6.07) is 3.33. The van der Waals surface area contributed by atoms with Crippen LogP contribution in [0.4, 0.5) is 4.39 Å². The zero-order valence-electron chi connectivity index (χ0n) is 11.4. The fourth-order valence-corrected chi connectivity index (χ4v) is 3.26. The van der Waals surface area contributed by atoms with Gasteiger partial charge in [-0.1, -0.05) is 6.92 Å². The number of halogens is 3. The molecule has 1 aliphatic rings. The molecule has 0 atom stereocenters. The molecule has 1 heterocycles. The molecule has 0 saturated heterocycles. The molecule has 1 fully saturated rings. The topological polar surface area (TPSA) is 17.8 Å². The smallest absolute Gasteiger partial charge is 0.139 e. The van der Waals surface area contributed by atoms with Crippen molar-refractivity contribution < 1.29 is 4.39 Å². The molecule has 1 saturated carbocycles. The van der Waals surface area contributed by atoms with Crippen LogP contribution in [0.1, 0.15) is 32.0 Å². The number of benzene rings is 1. The Balaban J connectivity index is 2.10. The number of aromatic nitrogens is 2. The zero-order valence-corrected chi connectivity index (χ0v) is 13.8. The van der Waals surface area contributed by atoms with Crippen LogP contribution in [0.3, 0.4) is 0 Å². The molecule has 0 bridgehead atoms. The van der Waals surface area contributed by atoms with E-state index in [-0.39, 0.29) is 5.82 Å². The van der Waals surface area contributed by atoms with E-state index in [0.717, 1.165) is 36.2 Å². The summed E-state index contributed by atoms with van der Waals surface area (Å²) in [5.41, 5.74) is 2.11. The van der Waals surface area contributed by atoms with Crippen LogP contribution in [0.25, 0.3) is 11.0 Å². The second-order valence-electron chi connectivity index (χ2n) is 5.66. The van der Waals surface area contributed by atoms with E-state index < -0.39 is 0 Å². The minimum atomic E-state index is -0.239. The van der Waals surface area contributed by atoms with Crippen molar-refractivity contribution in [1.29, 1.82) is 0 Å². The number of hydrogen-bond acceptors (Lipinski definition) is 1. The van der Waals surface area contributed by atoms with Crippen LogP contribution in [0, 0.1) is 11.2 Å². The highest BCUT2D eigenvalue weighted by Crippen LogP contribution is 2.50. The minimum Gasteiger partial charge on any atom is -0.327 e. The van der Waals surface area contributed by atoms with Crippen LogP contribution >= 0.6 is 27.5 Å². The van der Waals surface area contributed by atoms with Crippen molar-refractivity contribution in [3.05, 3.63) is 28.2 Å². The molecule has 1 aliphatic carbocycles. The van der Waals surface area contributed by atoms with Gasteiger partial charge in [-0.3, -0.25) is 0 Å². The maximum absolute atomic E-state index is 13.8. The van der Waals surface area contributed by atoms with E-state index in [1.165, 1.54) is 12.8 Å². The van der Waals surface area contributed by atoms with E-state index in [0.29, 0.717) is 15.8 Å². The van der Waals surface area contributed by atoms with Gasteiger partial charge in [0, 0.05) is 24.9 Å². The van der Waals surface area contributed by atoms with Crippen LogP contribution in [0.15, 0.2) is 16.6 Å². The lowest BCUT2D eigenvalue weighted by Gasteiger charge is -2.16. The second-order valence-corrected chi connectivity index (χ2v) is 6.89. The molecule has 3 rings (SSSR count). The molecule has 108 valence electrons. The molecule has 1 aromatic carbocycles. The minimum absolute atomic E-state index is 0.239. The lowest BCUT2D eigenvalue weighted by atomic mass is 10.0. The molecule has 2 aromatic rings. The summed E-state index contributed by atoms with van der Waals surface area (Å²) in [5, 5.41) is 0. The van der Waals surface area contributed by atoms with Crippen LogP contribution in [0.5, 0.6) is 0 Å². The summed E-state index contributed by atoms with van der Waals surface area (Å²) in [6.45, 7) is 3.15. The monoisotopic (exact) mass is 358 g/mol. The van der Waals surface area contributed by atoms with Crippen molar-refractivity contribution in [3.63, 3.8) is 0 Å². The predicted octanol–water partition coefficient (Wildman–Crippen LogP) is 4.91. The number of alkyl halides is 1. The highest BCUT2D eigenvalue weighted by atomic mass is 79.9. The first kappa shape index (κ1) is 14.3. The fourth-order valence-electron chi connectivity index (χ4n) is 2.76. The number of rotatable bonds is 5. The largest absolute Gasteiger partial charge is 0.327 e. The van der Waals surface area contributed by atoms with Gasteiger partial charge in [0.1, 0.15) is 11.6 Å². The Morgan fingerprint density at radius 2 is 2.20 bits per heavy atom. The van der Waals surface area contributed by atoms with Gasteiger partial charge in [0.05, 0.1) is 15.5 Å². The summed E-state index contributed by atoms with van der Waals surface area (Å²) < 4.78 is 16.5. The number of fused-ring (bicyclic) bond motifs is 1. The van der Waals surface area contributed by atoms with E-state index in [9.17, 15) is 4.39 Å². The van der Waals surface area contributed by atoms with Crippen molar-refractivity contribution in [1.82, 2.24) is 9.55 Å². The highest BCUT2D eigenvalue weighted by Gasteiger charge is 2.41. The molecule has 20 heavy (non-hydrogen) atoms. The van der Waals surface area contributed by atoms with Crippen LogP contribution in [0.2, 0.25) is 0 Å². The third-order valence-electron chi connectivity index (χ3n) is 4.39. The highest BCUT2D eigenvalue weighted by molar-refractivity contribution is 9.10. The molecule has 0 amide bonds. The maximum atomic E-state index is 13.8. The second kappa shape index (κ2) is 5.30. The van der Waals surface area contributed by atoms with Gasteiger partial charge in [0.2, 0.25) is 0 Å². The van der Waals surface area contributed by atoms with Crippen molar-refractivity contribution in [2.75, 3.05) is 5.88 Å². The molecule has 0 spiro atoms. The third kappa shape index (κ3) is 2.48. The number of aryl methyl sites for hydroxylation is 1. The van der Waals surface area contributed by atoms with Crippen LogP contribution in [-0.4, -0.2) is 15.4 Å². The SMILES string of the molecule is CCC1(Cn2c(CCCl)nc3cc(Br)c(F)cc32)CC1. The van der Waals surface area contributed by atoms with Gasteiger partial charge in [-0.25, -0.2) is 9.37 Å². The lowest BCUT2D eigenvalue weighted by molar-refractivity contribution is 0.408. The van der Waals surface area contributed by atoms with Gasteiger partial charge in [-0.2, -0.15) is 0 Å². The Morgan fingerprint density at radius 1 is 1.45 bits per heavy atom. The van der Waals surface area contributed by atoms with Crippen molar-refractivity contribution in [2.24, 2.45) is 5.41 Å². The molecule has 0 unspecified atom stereocenters. The Kier molecular flexibility index (Phi) is 3.80. The molecular weight excluding hydrogens is 343 g/mol. The quantitative estimate of drug-likeness (QED) is 0.694. The van der Waals surface area contributed by atoms with E-state index in [2.05, 4.69) is 32.4 Å². The Labute approximate surface area is 131 Å². The average molecular weight is 360 g/mol. The van der Waals surface area contributed by atoms with Gasteiger partial charge in [0.15, 0.2) is 0 Å². The predicted molar refractivity (Wildman–Crippen MR) is 83.8 cm³/mol. The van der Waals surface area contributed by atoms with Crippen LogP contribution in [-0.2, 0) is 13.0 Å². The molecule has 0 aliphatic heterocycles. The number of imidazole rings is 1. The van der Waals surface area contributed by atoms with Gasteiger partial charge in [-0.15, -0.1) is 11.6 Å². The van der Waals surface area contributed by atoms with E-state index in [4.69, 9.17) is 11.6 Å². The summed E-state index contributed by atoms with van der Waals surface area (Å²) in [7, 11) is 0. The summed E-state index contributed by atoms with van der Waals surface area (Å²) in [5.74, 6) is 1.26. The average Bonchev–Trinajstić information content (AvgIpc) is 3.13. The van der Waals surface area contributed by atoms with Crippen molar-refractivity contribution in [3.8, 4) is 0 Å². The van der Waals surface area contributed by atoms with Crippen molar-refractivity contribution >= 4 is 38.6 Å². The van der Waals surface area contributed by atoms with Crippen LogP contribution < -0.4 is 0 Å². The number of hydrogen-bond donors (Lipinski definition) is 0. The first-order chi connectivity index (χ1) is 9.58. The van der Waals surface area contributed by atoms with E-state index in [1.54, 1.807) is 12.1 Å². The molecule has 1 aromatic heterocycles. The molecule has 0 N–H and O–H groups in total. The zero-order chi connectivity index (χ0) is 14.3. The normalized spacial score (nSPS) is 16.8. The van der Waals surface area contributed by atoms with E-state index >= 15 is 0 Å². The summed E-state index contributed by atoms with van der Waals surface area (Å²) in [6.07, 6.45) is 4.38. The van der Waals surface area contributed by atoms with Gasteiger partial charge in [-0.05, 0) is 46.7 Å². The summed E-state index contributed by atoms with van der Waals surface area (Å²) >= 11 is 9.11. The first-order valence-corrected chi connectivity index (χ1v) is 8.31. The molecule has 2 nitrogen and oxygen atoms in total. The Bertz CT molecular complexity index is 649. The Hall–Kier alpha value is -0.610.